The second-order valence-electron chi connectivity index (χ2n) is 4.63. The minimum absolute atomic E-state index is 0.0762. The molecular weight excluding hydrogens is 196 g/mol. The first-order valence-electron chi connectivity index (χ1n) is 5.31. The maximum Gasteiger partial charge on any atom is 0.314 e. The van der Waals surface area contributed by atoms with E-state index >= 15 is 0 Å². The monoisotopic (exact) mass is 210 g/mol. The van der Waals surface area contributed by atoms with E-state index in [9.17, 15) is 14.4 Å². The van der Waals surface area contributed by atoms with Crippen LogP contribution >= 0.6 is 0 Å². The molecule has 15 heavy (non-hydrogen) atoms. The zero-order chi connectivity index (χ0) is 11.2. The number of hydrogen-bond acceptors (Lipinski definition) is 3. The van der Waals surface area contributed by atoms with Gasteiger partial charge in [0.2, 0.25) is 0 Å². The number of carbonyl (C=O) groups is 3. The van der Waals surface area contributed by atoms with Gasteiger partial charge < -0.3 is 5.11 Å². The number of carboxylic acids is 1. The van der Waals surface area contributed by atoms with Crippen LogP contribution in [0.25, 0.3) is 0 Å². The number of carboxylic acid groups (broad SMARTS) is 1. The van der Waals surface area contributed by atoms with Gasteiger partial charge in [0, 0.05) is 18.3 Å². The number of rotatable bonds is 1. The summed E-state index contributed by atoms with van der Waals surface area (Å²) in [6.45, 7) is 1.82. The molecule has 2 aliphatic rings. The van der Waals surface area contributed by atoms with Crippen molar-refractivity contribution in [3.63, 3.8) is 0 Å². The molecular formula is C11H14O4. The average molecular weight is 210 g/mol. The molecule has 0 amide bonds. The highest BCUT2D eigenvalue weighted by Gasteiger charge is 2.50. The highest BCUT2D eigenvalue weighted by atomic mass is 16.4. The van der Waals surface area contributed by atoms with Crippen molar-refractivity contribution in [2.45, 2.75) is 26.2 Å². The number of fused-ring (bicyclic) bond motifs is 1. The lowest BCUT2D eigenvalue weighted by Gasteiger charge is -2.28. The first kappa shape index (κ1) is 10.3. The van der Waals surface area contributed by atoms with E-state index in [0.717, 1.165) is 0 Å². The van der Waals surface area contributed by atoms with Gasteiger partial charge in [-0.2, -0.15) is 0 Å². The maximum absolute atomic E-state index is 11.7. The van der Waals surface area contributed by atoms with Gasteiger partial charge in [-0.15, -0.1) is 0 Å². The molecule has 4 atom stereocenters. The fraction of sp³-hybridized carbons (Fsp3) is 0.727. The van der Waals surface area contributed by atoms with E-state index in [1.54, 1.807) is 0 Å². The number of Topliss-reactive ketones (excluding diaryl/α,β-unsaturated/α-hetero) is 2. The van der Waals surface area contributed by atoms with Crippen LogP contribution in [-0.4, -0.2) is 22.6 Å². The van der Waals surface area contributed by atoms with Crippen molar-refractivity contribution >= 4 is 17.5 Å². The molecule has 2 fully saturated rings. The summed E-state index contributed by atoms with van der Waals surface area (Å²) in [6, 6.07) is 0. The van der Waals surface area contributed by atoms with Gasteiger partial charge in [-0.3, -0.25) is 14.4 Å². The lowest BCUT2D eigenvalue weighted by Crippen LogP contribution is -2.39. The van der Waals surface area contributed by atoms with Gasteiger partial charge in [-0.25, -0.2) is 0 Å². The van der Waals surface area contributed by atoms with E-state index in [2.05, 4.69) is 0 Å². The molecule has 82 valence electrons. The summed E-state index contributed by atoms with van der Waals surface area (Å²) in [6.07, 6.45) is 1.36. The molecule has 2 aliphatic carbocycles. The largest absolute Gasteiger partial charge is 0.481 e. The molecule has 0 saturated heterocycles. The Morgan fingerprint density at radius 2 is 2.07 bits per heavy atom. The van der Waals surface area contributed by atoms with Gasteiger partial charge in [0.05, 0.1) is 0 Å². The van der Waals surface area contributed by atoms with Crippen molar-refractivity contribution in [1.82, 2.24) is 0 Å². The molecule has 0 aromatic heterocycles. The van der Waals surface area contributed by atoms with Gasteiger partial charge in [-0.1, -0.05) is 6.92 Å². The highest BCUT2D eigenvalue weighted by molar-refractivity contribution is 6.01. The number of ketones is 2. The standard InChI is InChI=1S/C11H14O4/c1-5-4-7-6(10(5)13)2-3-8(12)9(7)11(14)15/h5-7,9H,2-4H2,1H3,(H,14,15)/t5-,6?,7-,9?/m1/s1. The molecule has 0 aromatic carbocycles. The lowest BCUT2D eigenvalue weighted by atomic mass is 9.73. The molecule has 0 aromatic rings. The Labute approximate surface area is 87.7 Å². The Morgan fingerprint density at radius 1 is 1.40 bits per heavy atom. The fourth-order valence-corrected chi connectivity index (χ4v) is 3.00. The van der Waals surface area contributed by atoms with Crippen molar-refractivity contribution in [2.24, 2.45) is 23.7 Å². The molecule has 0 aliphatic heterocycles. The van der Waals surface area contributed by atoms with Gasteiger partial charge >= 0.3 is 5.97 Å². The van der Waals surface area contributed by atoms with E-state index in [1.807, 2.05) is 6.92 Å². The topological polar surface area (TPSA) is 71.4 Å². The highest BCUT2D eigenvalue weighted by Crippen LogP contribution is 2.44. The molecule has 2 saturated carbocycles. The van der Waals surface area contributed by atoms with Crippen molar-refractivity contribution in [3.05, 3.63) is 0 Å². The van der Waals surface area contributed by atoms with Crippen LogP contribution in [0, 0.1) is 23.7 Å². The Hall–Kier alpha value is -1.19. The Morgan fingerprint density at radius 3 is 2.67 bits per heavy atom. The Balaban J connectivity index is 2.28. The van der Waals surface area contributed by atoms with Crippen LogP contribution in [0.2, 0.25) is 0 Å². The average Bonchev–Trinajstić information content (AvgIpc) is 2.42. The molecule has 4 nitrogen and oxygen atoms in total. The SMILES string of the molecule is C[C@@H]1C[C@@H]2C(CCC(=O)C2C(=O)O)C1=O. The van der Waals surface area contributed by atoms with E-state index in [4.69, 9.17) is 5.11 Å². The minimum atomic E-state index is -1.06. The second-order valence-corrected chi connectivity index (χ2v) is 4.63. The zero-order valence-corrected chi connectivity index (χ0v) is 8.60. The Bertz CT molecular complexity index is 333. The lowest BCUT2D eigenvalue weighted by molar-refractivity contribution is -0.151. The normalized spacial score (nSPS) is 40.3. The van der Waals surface area contributed by atoms with Crippen LogP contribution in [0.5, 0.6) is 0 Å². The van der Waals surface area contributed by atoms with E-state index in [0.29, 0.717) is 12.8 Å². The van der Waals surface area contributed by atoms with E-state index in [-0.39, 0.29) is 35.7 Å². The molecule has 2 unspecified atom stereocenters. The minimum Gasteiger partial charge on any atom is -0.481 e. The van der Waals surface area contributed by atoms with E-state index < -0.39 is 11.9 Å². The first-order valence-corrected chi connectivity index (χ1v) is 5.31. The van der Waals surface area contributed by atoms with Crippen molar-refractivity contribution in [1.29, 1.82) is 0 Å². The fourth-order valence-electron chi connectivity index (χ4n) is 3.00. The van der Waals surface area contributed by atoms with Gasteiger partial charge in [0.25, 0.3) is 0 Å². The number of aliphatic carboxylic acids is 1. The Kier molecular flexibility index (Phi) is 2.37. The summed E-state index contributed by atoms with van der Waals surface area (Å²) < 4.78 is 0. The summed E-state index contributed by atoms with van der Waals surface area (Å²) in [4.78, 5) is 34.2. The van der Waals surface area contributed by atoms with Crippen LogP contribution in [-0.2, 0) is 14.4 Å². The van der Waals surface area contributed by atoms with Gasteiger partial charge in [-0.05, 0) is 18.8 Å². The predicted molar refractivity (Wildman–Crippen MR) is 51.1 cm³/mol. The molecule has 0 radical (unpaired) electrons. The van der Waals surface area contributed by atoms with Crippen LogP contribution < -0.4 is 0 Å². The molecule has 0 heterocycles. The molecule has 0 bridgehead atoms. The van der Waals surface area contributed by atoms with Gasteiger partial charge in [0.1, 0.15) is 17.5 Å². The molecule has 1 N–H and O–H groups in total. The molecule has 0 spiro atoms. The number of hydrogen-bond donors (Lipinski definition) is 1. The quantitative estimate of drug-likeness (QED) is 0.652. The third kappa shape index (κ3) is 1.48. The summed E-state index contributed by atoms with van der Waals surface area (Å²) in [7, 11) is 0. The van der Waals surface area contributed by atoms with Crippen LogP contribution in [0.4, 0.5) is 0 Å². The summed E-state index contributed by atoms with van der Waals surface area (Å²) in [5.74, 6) is -2.54. The van der Waals surface area contributed by atoms with Crippen molar-refractivity contribution in [3.8, 4) is 0 Å². The number of carbonyl (C=O) groups excluding carboxylic acids is 2. The maximum atomic E-state index is 11.7. The molecule has 2 rings (SSSR count). The summed E-state index contributed by atoms with van der Waals surface area (Å²) >= 11 is 0. The summed E-state index contributed by atoms with van der Waals surface area (Å²) in [5.41, 5.74) is 0. The predicted octanol–water partition coefficient (Wildman–Crippen LogP) is 0.891. The van der Waals surface area contributed by atoms with Crippen molar-refractivity contribution in [2.75, 3.05) is 0 Å². The molecule has 4 heteroatoms. The third-order valence-corrected chi connectivity index (χ3v) is 3.74. The van der Waals surface area contributed by atoms with Crippen molar-refractivity contribution < 1.29 is 19.5 Å². The van der Waals surface area contributed by atoms with E-state index in [1.165, 1.54) is 0 Å². The van der Waals surface area contributed by atoms with Crippen LogP contribution in [0.3, 0.4) is 0 Å². The van der Waals surface area contributed by atoms with Crippen LogP contribution in [0.1, 0.15) is 26.2 Å². The second kappa shape index (κ2) is 3.43. The smallest absolute Gasteiger partial charge is 0.314 e. The van der Waals surface area contributed by atoms with Crippen LogP contribution in [0.15, 0.2) is 0 Å². The third-order valence-electron chi connectivity index (χ3n) is 3.74. The summed E-state index contributed by atoms with van der Waals surface area (Å²) in [5, 5.41) is 9.00. The van der Waals surface area contributed by atoms with Gasteiger partial charge in [0.15, 0.2) is 0 Å². The first-order chi connectivity index (χ1) is 7.02. The zero-order valence-electron chi connectivity index (χ0n) is 8.60.